The van der Waals surface area contributed by atoms with Crippen LogP contribution >= 0.6 is 0 Å². The van der Waals surface area contributed by atoms with Crippen LogP contribution in [0.5, 0.6) is 5.88 Å². The van der Waals surface area contributed by atoms with Gasteiger partial charge in [-0.3, -0.25) is 9.48 Å². The van der Waals surface area contributed by atoms with E-state index in [4.69, 9.17) is 4.74 Å². The number of aryl methyl sites for hydroxylation is 1. The molecule has 7 heteroatoms. The van der Waals surface area contributed by atoms with Crippen LogP contribution in [0, 0.1) is 0 Å². The Kier molecular flexibility index (Phi) is 5.26. The number of hydrogen-bond donors (Lipinski definition) is 0. The molecule has 0 aliphatic carbocycles. The number of ether oxygens (including phenoxy) is 1. The van der Waals surface area contributed by atoms with E-state index in [2.05, 4.69) is 15.3 Å². The molecule has 0 atom stereocenters. The number of rotatable bonds is 6. The fourth-order valence-corrected chi connectivity index (χ4v) is 2.60. The van der Waals surface area contributed by atoms with Crippen LogP contribution < -0.4 is 4.74 Å². The zero-order valence-electron chi connectivity index (χ0n) is 15.1. The minimum atomic E-state index is -0.0434. The Morgan fingerprint density at radius 3 is 2.50 bits per heavy atom. The van der Waals surface area contributed by atoms with Crippen LogP contribution in [0.4, 0.5) is 0 Å². The summed E-state index contributed by atoms with van der Waals surface area (Å²) in [4.78, 5) is 14.2. The first-order chi connectivity index (χ1) is 12.6. The second-order valence-corrected chi connectivity index (χ2v) is 5.95. The summed E-state index contributed by atoms with van der Waals surface area (Å²) in [6, 6.07) is 11.0. The van der Waals surface area contributed by atoms with Crippen molar-refractivity contribution < 1.29 is 9.53 Å². The molecule has 0 saturated heterocycles. The Hall–Kier alpha value is -3.22. The van der Waals surface area contributed by atoms with Crippen LogP contribution in [-0.4, -0.2) is 44.4 Å². The first kappa shape index (κ1) is 17.6. The van der Waals surface area contributed by atoms with E-state index >= 15 is 0 Å². The molecule has 1 aromatic carbocycles. The normalized spacial score (nSPS) is 10.6. The number of carbonyl (C=O) groups is 1. The van der Waals surface area contributed by atoms with Gasteiger partial charge >= 0.3 is 0 Å². The van der Waals surface area contributed by atoms with Gasteiger partial charge in [0.25, 0.3) is 5.91 Å². The van der Waals surface area contributed by atoms with Crippen LogP contribution in [0.1, 0.15) is 22.8 Å². The highest BCUT2D eigenvalue weighted by Crippen LogP contribution is 2.19. The Balaban J connectivity index is 1.69. The summed E-state index contributed by atoms with van der Waals surface area (Å²) in [6.45, 7) is 2.97. The van der Waals surface area contributed by atoms with E-state index in [0.29, 0.717) is 24.6 Å². The average Bonchev–Trinajstić information content (AvgIpc) is 3.07. The fraction of sp³-hybridized carbons (Fsp3) is 0.263. The number of carbonyl (C=O) groups excluding carboxylic acids is 1. The van der Waals surface area contributed by atoms with Crippen molar-refractivity contribution in [1.82, 2.24) is 24.9 Å². The number of hydrogen-bond acceptors (Lipinski definition) is 5. The van der Waals surface area contributed by atoms with Crippen molar-refractivity contribution in [1.29, 1.82) is 0 Å². The van der Waals surface area contributed by atoms with Gasteiger partial charge in [0.15, 0.2) is 0 Å². The molecule has 134 valence electrons. The maximum atomic E-state index is 12.6. The number of nitrogens with zero attached hydrogens (tertiary/aromatic N) is 5. The van der Waals surface area contributed by atoms with Crippen molar-refractivity contribution in [3.05, 3.63) is 59.9 Å². The van der Waals surface area contributed by atoms with Crippen molar-refractivity contribution >= 4 is 5.91 Å². The van der Waals surface area contributed by atoms with E-state index in [0.717, 1.165) is 16.8 Å². The summed E-state index contributed by atoms with van der Waals surface area (Å²) in [5.74, 6) is 0.457. The van der Waals surface area contributed by atoms with Crippen LogP contribution in [0.3, 0.4) is 0 Å². The van der Waals surface area contributed by atoms with Gasteiger partial charge in [0.05, 0.1) is 18.5 Å². The molecule has 0 unspecified atom stereocenters. The predicted molar refractivity (Wildman–Crippen MR) is 97.6 cm³/mol. The fourth-order valence-electron chi connectivity index (χ4n) is 2.60. The van der Waals surface area contributed by atoms with Crippen molar-refractivity contribution in [2.45, 2.75) is 13.5 Å². The van der Waals surface area contributed by atoms with Crippen LogP contribution in [0.25, 0.3) is 11.3 Å². The SMILES string of the molecule is CCOc1ccc(-c2ccc(C(=O)N(C)Cc3cnn(C)c3)cc2)nn1. The molecule has 0 saturated carbocycles. The van der Waals surface area contributed by atoms with Crippen molar-refractivity contribution in [3.63, 3.8) is 0 Å². The lowest BCUT2D eigenvalue weighted by molar-refractivity contribution is 0.0785. The molecule has 0 bridgehead atoms. The summed E-state index contributed by atoms with van der Waals surface area (Å²) >= 11 is 0. The average molecular weight is 351 g/mol. The summed E-state index contributed by atoms with van der Waals surface area (Å²) in [7, 11) is 3.63. The largest absolute Gasteiger partial charge is 0.477 e. The van der Waals surface area contributed by atoms with Crippen LogP contribution in [-0.2, 0) is 13.6 Å². The first-order valence-corrected chi connectivity index (χ1v) is 8.36. The quantitative estimate of drug-likeness (QED) is 0.682. The molecule has 0 fully saturated rings. The van der Waals surface area contributed by atoms with Crippen molar-refractivity contribution in [2.24, 2.45) is 7.05 Å². The lowest BCUT2D eigenvalue weighted by atomic mass is 10.1. The molecular weight excluding hydrogens is 330 g/mol. The van der Waals surface area contributed by atoms with Gasteiger partial charge in [0.1, 0.15) is 0 Å². The van der Waals surface area contributed by atoms with Crippen LogP contribution in [0.2, 0.25) is 0 Å². The highest BCUT2D eigenvalue weighted by atomic mass is 16.5. The Bertz CT molecular complexity index is 872. The molecular formula is C19H21N5O2. The minimum absolute atomic E-state index is 0.0434. The summed E-state index contributed by atoms with van der Waals surface area (Å²) in [5, 5.41) is 12.3. The smallest absolute Gasteiger partial charge is 0.253 e. The van der Waals surface area contributed by atoms with Crippen LogP contribution in [0.15, 0.2) is 48.8 Å². The maximum Gasteiger partial charge on any atom is 0.253 e. The van der Waals surface area contributed by atoms with E-state index in [1.165, 1.54) is 0 Å². The number of aromatic nitrogens is 4. The molecule has 26 heavy (non-hydrogen) atoms. The van der Waals surface area contributed by atoms with E-state index in [1.54, 1.807) is 41.0 Å². The molecule has 0 N–H and O–H groups in total. The Labute approximate surface area is 152 Å². The van der Waals surface area contributed by atoms with Gasteiger partial charge in [-0.15, -0.1) is 10.2 Å². The lowest BCUT2D eigenvalue weighted by Crippen LogP contribution is -2.25. The molecule has 3 aromatic rings. The third-order valence-electron chi connectivity index (χ3n) is 3.88. The van der Waals surface area contributed by atoms with Gasteiger partial charge in [-0.05, 0) is 25.1 Å². The zero-order valence-corrected chi connectivity index (χ0v) is 15.1. The molecule has 1 amide bonds. The zero-order chi connectivity index (χ0) is 18.5. The summed E-state index contributed by atoms with van der Waals surface area (Å²) in [5.41, 5.74) is 3.24. The Morgan fingerprint density at radius 2 is 1.92 bits per heavy atom. The molecule has 7 nitrogen and oxygen atoms in total. The van der Waals surface area contributed by atoms with E-state index in [-0.39, 0.29) is 5.91 Å². The third-order valence-corrected chi connectivity index (χ3v) is 3.88. The highest BCUT2D eigenvalue weighted by Gasteiger charge is 2.13. The van der Waals surface area contributed by atoms with Gasteiger partial charge < -0.3 is 9.64 Å². The third kappa shape index (κ3) is 4.05. The summed E-state index contributed by atoms with van der Waals surface area (Å²) < 4.78 is 7.02. The number of benzene rings is 1. The first-order valence-electron chi connectivity index (χ1n) is 8.36. The van der Waals surface area contributed by atoms with Gasteiger partial charge in [-0.2, -0.15) is 5.10 Å². The predicted octanol–water partition coefficient (Wildman–Crippen LogP) is 2.55. The monoisotopic (exact) mass is 351 g/mol. The van der Waals surface area contributed by atoms with Crippen molar-refractivity contribution in [3.8, 4) is 17.1 Å². The van der Waals surface area contributed by atoms with Crippen molar-refractivity contribution in [2.75, 3.05) is 13.7 Å². The van der Waals surface area contributed by atoms with E-state index < -0.39 is 0 Å². The number of amides is 1. The highest BCUT2D eigenvalue weighted by molar-refractivity contribution is 5.94. The molecule has 3 rings (SSSR count). The van der Waals surface area contributed by atoms with Gasteiger partial charge in [-0.1, -0.05) is 12.1 Å². The molecule has 0 aliphatic heterocycles. The minimum Gasteiger partial charge on any atom is -0.477 e. The molecule has 0 aliphatic rings. The van der Waals surface area contributed by atoms with Gasteiger partial charge in [-0.25, -0.2) is 0 Å². The summed E-state index contributed by atoms with van der Waals surface area (Å²) in [6.07, 6.45) is 3.66. The molecule has 2 heterocycles. The standard InChI is InChI=1S/C19H21N5O2/c1-4-26-18-10-9-17(21-22-18)15-5-7-16(8-6-15)19(25)23(2)12-14-11-20-24(3)13-14/h5-11,13H,4,12H2,1-3H3. The maximum absolute atomic E-state index is 12.6. The van der Waals surface area contributed by atoms with E-state index in [9.17, 15) is 4.79 Å². The lowest BCUT2D eigenvalue weighted by Gasteiger charge is -2.16. The van der Waals surface area contributed by atoms with E-state index in [1.807, 2.05) is 38.4 Å². The topological polar surface area (TPSA) is 73.1 Å². The molecule has 2 aromatic heterocycles. The second kappa shape index (κ2) is 7.77. The van der Waals surface area contributed by atoms with Gasteiger partial charge in [0, 0.05) is 49.6 Å². The molecule has 0 radical (unpaired) electrons. The molecule has 0 spiro atoms. The van der Waals surface area contributed by atoms with Gasteiger partial charge in [0.2, 0.25) is 5.88 Å². The second-order valence-electron chi connectivity index (χ2n) is 5.95. The Morgan fingerprint density at radius 1 is 1.15 bits per heavy atom.